The number of pyridine rings is 1. The lowest BCUT2D eigenvalue weighted by atomic mass is 10.3. The Labute approximate surface area is 131 Å². The van der Waals surface area contributed by atoms with Crippen LogP contribution in [0.1, 0.15) is 6.92 Å². The summed E-state index contributed by atoms with van der Waals surface area (Å²) in [5.41, 5.74) is 0. The van der Waals surface area contributed by atoms with E-state index in [9.17, 15) is 16.8 Å². The third-order valence-electron chi connectivity index (χ3n) is 3.14. The maximum absolute atomic E-state index is 12.5. The molecule has 120 valence electrons. The van der Waals surface area contributed by atoms with Crippen LogP contribution in [0.2, 0.25) is 0 Å². The van der Waals surface area contributed by atoms with Crippen molar-refractivity contribution in [2.24, 2.45) is 0 Å². The van der Waals surface area contributed by atoms with Gasteiger partial charge in [-0.3, -0.25) is 0 Å². The summed E-state index contributed by atoms with van der Waals surface area (Å²) in [6.07, 6.45) is 2.13. The smallest absolute Gasteiger partial charge is 0.244 e. The van der Waals surface area contributed by atoms with Gasteiger partial charge in [-0.1, -0.05) is 0 Å². The molecule has 0 unspecified atom stereocenters. The molecular weight excluding hydrogens is 338 g/mol. The first-order valence-electron chi connectivity index (χ1n) is 6.11. The fraction of sp³-hybridized carbons (Fsp3) is 0.545. The minimum atomic E-state index is -3.64. The summed E-state index contributed by atoms with van der Waals surface area (Å²) >= 11 is 0. The Hall–Kier alpha value is -0.740. The van der Waals surface area contributed by atoms with Gasteiger partial charge in [-0.15, -0.1) is 12.4 Å². The van der Waals surface area contributed by atoms with E-state index in [1.807, 2.05) is 6.92 Å². The maximum atomic E-state index is 12.5. The van der Waals surface area contributed by atoms with E-state index in [1.165, 1.54) is 16.4 Å². The van der Waals surface area contributed by atoms with Gasteiger partial charge in [-0.25, -0.2) is 21.8 Å². The van der Waals surface area contributed by atoms with E-state index in [-0.39, 0.29) is 28.4 Å². The van der Waals surface area contributed by atoms with Gasteiger partial charge in [0.1, 0.15) is 4.90 Å². The summed E-state index contributed by atoms with van der Waals surface area (Å²) in [6.45, 7) is 3.39. The lowest BCUT2D eigenvalue weighted by Gasteiger charge is -2.32. The van der Waals surface area contributed by atoms with Gasteiger partial charge in [0.25, 0.3) is 0 Å². The van der Waals surface area contributed by atoms with Crippen LogP contribution in [0.4, 0.5) is 0 Å². The molecule has 0 aliphatic carbocycles. The summed E-state index contributed by atoms with van der Waals surface area (Å²) in [5, 5.41) is 2.98. The number of nitrogens with zero attached hydrogens (tertiary/aromatic N) is 2. The SMILES string of the molecule is C[C@H]1CNCCN1S(=O)(=O)c1ccc(S(C)(=O)=O)nc1.Cl. The predicted molar refractivity (Wildman–Crippen MR) is 80.8 cm³/mol. The Morgan fingerprint density at radius 2 is 1.95 bits per heavy atom. The normalized spacial score (nSPS) is 20.8. The average molecular weight is 356 g/mol. The molecule has 0 amide bonds. The topological polar surface area (TPSA) is 96.4 Å². The summed E-state index contributed by atoms with van der Waals surface area (Å²) < 4.78 is 49.0. The zero-order chi connectivity index (χ0) is 15.0. The Kier molecular flexibility index (Phi) is 5.73. The monoisotopic (exact) mass is 355 g/mol. The van der Waals surface area contributed by atoms with Gasteiger partial charge in [0.15, 0.2) is 14.9 Å². The molecule has 1 saturated heterocycles. The second kappa shape index (κ2) is 6.57. The second-order valence-corrected chi connectivity index (χ2v) is 8.63. The molecule has 0 spiro atoms. The van der Waals surface area contributed by atoms with Gasteiger partial charge >= 0.3 is 0 Å². The molecule has 2 heterocycles. The first kappa shape index (κ1) is 18.3. The molecule has 1 aliphatic heterocycles. The van der Waals surface area contributed by atoms with Gasteiger partial charge in [0.05, 0.1) is 0 Å². The van der Waals surface area contributed by atoms with Crippen molar-refractivity contribution in [3.63, 3.8) is 0 Å². The number of rotatable bonds is 3. The van der Waals surface area contributed by atoms with E-state index in [0.717, 1.165) is 12.5 Å². The highest BCUT2D eigenvalue weighted by Crippen LogP contribution is 2.19. The standard InChI is InChI=1S/C11H17N3O4S2.ClH/c1-9-7-12-5-6-14(9)20(17,18)10-3-4-11(13-8-10)19(2,15)16;/h3-4,8-9,12H,5-7H2,1-2H3;1H/t9-;/m0./s1. The highest BCUT2D eigenvalue weighted by atomic mass is 35.5. The maximum Gasteiger partial charge on any atom is 0.244 e. The molecule has 1 fully saturated rings. The van der Waals surface area contributed by atoms with Gasteiger partial charge in [-0.2, -0.15) is 4.31 Å². The summed E-state index contributed by atoms with van der Waals surface area (Å²) in [4.78, 5) is 3.74. The van der Waals surface area contributed by atoms with E-state index >= 15 is 0 Å². The number of hydrogen-bond donors (Lipinski definition) is 1. The van der Waals surface area contributed by atoms with Crippen LogP contribution >= 0.6 is 12.4 Å². The van der Waals surface area contributed by atoms with Crippen LogP contribution in [0.15, 0.2) is 28.3 Å². The van der Waals surface area contributed by atoms with Crippen molar-refractivity contribution in [1.29, 1.82) is 0 Å². The summed E-state index contributed by atoms with van der Waals surface area (Å²) in [5.74, 6) is 0. The summed E-state index contributed by atoms with van der Waals surface area (Å²) in [7, 11) is -7.07. The molecule has 1 aliphatic rings. The molecule has 0 bridgehead atoms. The number of sulfone groups is 1. The van der Waals surface area contributed by atoms with Crippen LogP contribution in [0.25, 0.3) is 0 Å². The van der Waals surface area contributed by atoms with E-state index in [1.54, 1.807) is 0 Å². The van der Waals surface area contributed by atoms with Crippen molar-refractivity contribution < 1.29 is 16.8 Å². The molecule has 1 aromatic heterocycles. The lowest BCUT2D eigenvalue weighted by molar-refractivity contribution is 0.284. The van der Waals surface area contributed by atoms with Crippen LogP contribution in [0.5, 0.6) is 0 Å². The van der Waals surface area contributed by atoms with Crippen molar-refractivity contribution in [3.05, 3.63) is 18.3 Å². The number of sulfonamides is 1. The van der Waals surface area contributed by atoms with Crippen LogP contribution in [-0.4, -0.2) is 58.1 Å². The molecule has 10 heteroatoms. The van der Waals surface area contributed by atoms with Crippen LogP contribution in [-0.2, 0) is 19.9 Å². The zero-order valence-electron chi connectivity index (χ0n) is 11.7. The lowest BCUT2D eigenvalue weighted by Crippen LogP contribution is -2.52. The van der Waals surface area contributed by atoms with Gasteiger partial charge in [0.2, 0.25) is 10.0 Å². The van der Waals surface area contributed by atoms with E-state index in [0.29, 0.717) is 19.6 Å². The Bertz CT molecular complexity index is 689. The number of nitrogens with one attached hydrogen (secondary N) is 1. The minimum Gasteiger partial charge on any atom is -0.314 e. The molecule has 1 N–H and O–H groups in total. The van der Waals surface area contributed by atoms with Crippen molar-refractivity contribution >= 4 is 32.3 Å². The molecule has 1 atom stereocenters. The highest BCUT2D eigenvalue weighted by molar-refractivity contribution is 7.90. The fourth-order valence-electron chi connectivity index (χ4n) is 2.05. The number of piperazine rings is 1. The van der Waals surface area contributed by atoms with Crippen molar-refractivity contribution in [3.8, 4) is 0 Å². The molecule has 21 heavy (non-hydrogen) atoms. The number of hydrogen-bond acceptors (Lipinski definition) is 6. The largest absolute Gasteiger partial charge is 0.314 e. The molecule has 1 aromatic rings. The third kappa shape index (κ3) is 3.92. The van der Waals surface area contributed by atoms with E-state index in [4.69, 9.17) is 0 Å². The van der Waals surface area contributed by atoms with Gasteiger partial charge < -0.3 is 5.32 Å². The van der Waals surface area contributed by atoms with E-state index in [2.05, 4.69) is 10.3 Å². The first-order valence-corrected chi connectivity index (χ1v) is 9.45. The van der Waals surface area contributed by atoms with Crippen molar-refractivity contribution in [2.75, 3.05) is 25.9 Å². The van der Waals surface area contributed by atoms with E-state index < -0.39 is 19.9 Å². The minimum absolute atomic E-state index is 0. The van der Waals surface area contributed by atoms with Gasteiger partial charge in [0, 0.05) is 38.1 Å². The number of halogens is 1. The molecule has 7 nitrogen and oxygen atoms in total. The Morgan fingerprint density at radius 3 is 2.43 bits per heavy atom. The fourth-order valence-corrected chi connectivity index (χ4v) is 4.19. The first-order chi connectivity index (χ1) is 9.23. The molecular formula is C11H18ClN3O4S2. The van der Waals surface area contributed by atoms with Crippen molar-refractivity contribution in [1.82, 2.24) is 14.6 Å². The Balaban J connectivity index is 0.00000220. The summed E-state index contributed by atoms with van der Waals surface area (Å²) in [6, 6.07) is 2.35. The Morgan fingerprint density at radius 1 is 1.29 bits per heavy atom. The quantitative estimate of drug-likeness (QED) is 0.812. The zero-order valence-corrected chi connectivity index (χ0v) is 14.1. The number of aromatic nitrogens is 1. The van der Waals surface area contributed by atoms with Crippen LogP contribution < -0.4 is 5.32 Å². The predicted octanol–water partition coefficient (Wildman–Crippen LogP) is -0.111. The molecule has 0 radical (unpaired) electrons. The van der Waals surface area contributed by atoms with Crippen LogP contribution in [0, 0.1) is 0 Å². The molecule has 0 saturated carbocycles. The van der Waals surface area contributed by atoms with Crippen LogP contribution in [0.3, 0.4) is 0 Å². The molecule has 0 aromatic carbocycles. The van der Waals surface area contributed by atoms with Gasteiger partial charge in [-0.05, 0) is 19.1 Å². The third-order valence-corrected chi connectivity index (χ3v) is 6.13. The second-order valence-electron chi connectivity index (χ2n) is 4.77. The average Bonchev–Trinajstić information content (AvgIpc) is 2.38. The highest BCUT2D eigenvalue weighted by Gasteiger charge is 2.31. The molecule has 2 rings (SSSR count). The van der Waals surface area contributed by atoms with Crippen molar-refractivity contribution in [2.45, 2.75) is 22.9 Å².